The van der Waals surface area contributed by atoms with Crippen LogP contribution in [-0.2, 0) is 4.79 Å². The molecule has 0 bridgehead atoms. The van der Waals surface area contributed by atoms with Gasteiger partial charge in [0.2, 0.25) is 11.1 Å². The summed E-state index contributed by atoms with van der Waals surface area (Å²) in [6, 6.07) is 6.97. The zero-order chi connectivity index (χ0) is 15.5. The van der Waals surface area contributed by atoms with E-state index in [1.54, 1.807) is 24.3 Å². The van der Waals surface area contributed by atoms with Crippen molar-refractivity contribution in [1.29, 1.82) is 0 Å². The minimum Gasteiger partial charge on any atom is -0.325 e. The van der Waals surface area contributed by atoms with E-state index in [1.165, 1.54) is 18.7 Å². The highest BCUT2D eigenvalue weighted by Crippen LogP contribution is 2.38. The number of H-pyrrole nitrogens is 1. The molecule has 7 heteroatoms. The van der Waals surface area contributed by atoms with Crippen LogP contribution in [-0.4, -0.2) is 32.6 Å². The van der Waals surface area contributed by atoms with Crippen molar-refractivity contribution < 1.29 is 9.59 Å². The number of carbonyl (C=O) groups excluding carboxylic acids is 2. The van der Waals surface area contributed by atoms with Crippen molar-refractivity contribution >= 4 is 29.1 Å². The van der Waals surface area contributed by atoms with Crippen LogP contribution in [0.4, 0.5) is 5.69 Å². The van der Waals surface area contributed by atoms with Gasteiger partial charge in [0.25, 0.3) is 0 Å². The maximum atomic E-state index is 12.0. The minimum absolute atomic E-state index is 0.0772. The van der Waals surface area contributed by atoms with Crippen molar-refractivity contribution in [2.75, 3.05) is 11.1 Å². The summed E-state index contributed by atoms with van der Waals surface area (Å²) in [4.78, 5) is 27.9. The Kier molecular flexibility index (Phi) is 4.24. The van der Waals surface area contributed by atoms with Crippen LogP contribution in [0, 0.1) is 0 Å². The van der Waals surface area contributed by atoms with Crippen LogP contribution in [0.25, 0.3) is 0 Å². The van der Waals surface area contributed by atoms with Crippen molar-refractivity contribution in [3.8, 4) is 0 Å². The molecule has 22 heavy (non-hydrogen) atoms. The molecule has 1 aliphatic carbocycles. The van der Waals surface area contributed by atoms with Gasteiger partial charge in [-0.15, -0.1) is 5.10 Å². The molecule has 1 aromatic heterocycles. The summed E-state index contributed by atoms with van der Waals surface area (Å²) in [5.74, 6) is 1.36. The van der Waals surface area contributed by atoms with E-state index >= 15 is 0 Å². The average Bonchev–Trinajstić information content (AvgIpc) is 3.24. The molecule has 2 aromatic rings. The van der Waals surface area contributed by atoms with Crippen molar-refractivity contribution in [3.05, 3.63) is 35.7 Å². The zero-order valence-electron chi connectivity index (χ0n) is 12.1. The van der Waals surface area contributed by atoms with Crippen LogP contribution < -0.4 is 5.32 Å². The van der Waals surface area contributed by atoms with Gasteiger partial charge in [-0.1, -0.05) is 23.9 Å². The largest absolute Gasteiger partial charge is 0.325 e. The molecule has 1 aliphatic rings. The molecule has 0 spiro atoms. The Labute approximate surface area is 132 Å². The van der Waals surface area contributed by atoms with Gasteiger partial charge in [-0.3, -0.25) is 14.7 Å². The number of hydrogen-bond acceptors (Lipinski definition) is 5. The first-order valence-corrected chi connectivity index (χ1v) is 8.07. The van der Waals surface area contributed by atoms with Crippen LogP contribution >= 0.6 is 11.8 Å². The van der Waals surface area contributed by atoms with E-state index in [9.17, 15) is 9.59 Å². The van der Waals surface area contributed by atoms with E-state index < -0.39 is 0 Å². The molecule has 2 N–H and O–H groups in total. The first kappa shape index (κ1) is 14.8. The molecule has 0 radical (unpaired) electrons. The number of ketones is 1. The standard InChI is InChI=1S/C15H16N4O2S/c1-9(20)11-4-2-3-5-12(11)16-13(21)8-22-15-17-14(18-19-15)10-6-7-10/h2-5,10H,6-8H2,1H3,(H,16,21)(H,17,18,19). The average molecular weight is 316 g/mol. The number of nitrogens with one attached hydrogen (secondary N) is 2. The van der Waals surface area contributed by atoms with Crippen molar-refractivity contribution in [2.24, 2.45) is 0 Å². The van der Waals surface area contributed by atoms with Gasteiger partial charge in [0, 0.05) is 11.5 Å². The molecule has 0 atom stereocenters. The lowest BCUT2D eigenvalue weighted by atomic mass is 10.1. The van der Waals surface area contributed by atoms with Crippen LogP contribution in [0.1, 0.15) is 41.9 Å². The molecule has 6 nitrogen and oxygen atoms in total. The Morgan fingerprint density at radius 2 is 2.14 bits per heavy atom. The summed E-state index contributed by atoms with van der Waals surface area (Å²) < 4.78 is 0. The Morgan fingerprint density at radius 1 is 1.36 bits per heavy atom. The molecule has 1 fully saturated rings. The molecule has 0 aliphatic heterocycles. The van der Waals surface area contributed by atoms with Gasteiger partial charge >= 0.3 is 0 Å². The fourth-order valence-corrected chi connectivity index (χ4v) is 2.68. The third kappa shape index (κ3) is 3.54. The number of anilines is 1. The second-order valence-electron chi connectivity index (χ2n) is 5.22. The second kappa shape index (κ2) is 6.31. The lowest BCUT2D eigenvalue weighted by Crippen LogP contribution is -2.16. The predicted molar refractivity (Wildman–Crippen MR) is 84.2 cm³/mol. The minimum atomic E-state index is -0.184. The number of Topliss-reactive ketones (excluding diaryl/α,β-unsaturated/α-hetero) is 1. The number of aromatic nitrogens is 3. The fraction of sp³-hybridized carbons (Fsp3) is 0.333. The van der Waals surface area contributed by atoms with E-state index in [-0.39, 0.29) is 17.4 Å². The van der Waals surface area contributed by atoms with E-state index in [0.717, 1.165) is 18.7 Å². The van der Waals surface area contributed by atoms with Gasteiger partial charge in [0.15, 0.2) is 5.78 Å². The second-order valence-corrected chi connectivity index (χ2v) is 6.16. The molecule has 3 rings (SSSR count). The highest BCUT2D eigenvalue weighted by atomic mass is 32.2. The van der Waals surface area contributed by atoms with Crippen LogP contribution in [0.5, 0.6) is 0 Å². The fourth-order valence-electron chi connectivity index (χ4n) is 2.08. The smallest absolute Gasteiger partial charge is 0.234 e. The van der Waals surface area contributed by atoms with E-state index in [4.69, 9.17) is 0 Å². The van der Waals surface area contributed by atoms with Gasteiger partial charge in [0.05, 0.1) is 11.4 Å². The number of nitrogens with zero attached hydrogens (tertiary/aromatic N) is 2. The summed E-state index contributed by atoms with van der Waals surface area (Å²) in [5.41, 5.74) is 1.05. The van der Waals surface area contributed by atoms with Gasteiger partial charge in [-0.25, -0.2) is 4.98 Å². The van der Waals surface area contributed by atoms with E-state index in [0.29, 0.717) is 22.3 Å². The SMILES string of the molecule is CC(=O)c1ccccc1NC(=O)CSc1n[nH]c(C2CC2)n1. The number of aromatic amines is 1. The third-order valence-corrected chi connectivity index (χ3v) is 4.21. The Hall–Kier alpha value is -2.15. The molecular formula is C15H16N4O2S. The number of amides is 1. The van der Waals surface area contributed by atoms with E-state index in [1.807, 2.05) is 0 Å². The summed E-state index contributed by atoms with van der Waals surface area (Å²) in [6.07, 6.45) is 2.31. The highest BCUT2D eigenvalue weighted by Gasteiger charge is 2.27. The number of hydrogen-bond donors (Lipinski definition) is 2. The molecule has 114 valence electrons. The van der Waals surface area contributed by atoms with Crippen molar-refractivity contribution in [1.82, 2.24) is 15.2 Å². The first-order chi connectivity index (χ1) is 10.6. The Bertz CT molecular complexity index is 709. The molecular weight excluding hydrogens is 300 g/mol. The number of rotatable bonds is 6. The lowest BCUT2D eigenvalue weighted by molar-refractivity contribution is -0.113. The number of thioether (sulfide) groups is 1. The first-order valence-electron chi connectivity index (χ1n) is 7.08. The zero-order valence-corrected chi connectivity index (χ0v) is 12.9. The number of para-hydroxylation sites is 1. The van der Waals surface area contributed by atoms with E-state index in [2.05, 4.69) is 20.5 Å². The Balaban J connectivity index is 1.57. The van der Waals surface area contributed by atoms with Gasteiger partial charge < -0.3 is 5.32 Å². The molecule has 0 unspecified atom stereocenters. The molecule has 1 heterocycles. The quantitative estimate of drug-likeness (QED) is 0.632. The summed E-state index contributed by atoms with van der Waals surface area (Å²) >= 11 is 1.28. The predicted octanol–water partition coefficient (Wildman–Crippen LogP) is 2.62. The maximum absolute atomic E-state index is 12.0. The number of carbonyl (C=O) groups is 2. The summed E-state index contributed by atoms with van der Waals surface area (Å²) in [5, 5.41) is 10.3. The molecule has 1 aromatic carbocycles. The molecule has 1 saturated carbocycles. The van der Waals surface area contributed by atoms with Crippen molar-refractivity contribution in [3.63, 3.8) is 0 Å². The van der Waals surface area contributed by atoms with Gasteiger partial charge in [-0.05, 0) is 31.9 Å². The topological polar surface area (TPSA) is 87.7 Å². The number of benzene rings is 1. The van der Waals surface area contributed by atoms with Crippen molar-refractivity contribution in [2.45, 2.75) is 30.8 Å². The van der Waals surface area contributed by atoms with Crippen LogP contribution in [0.3, 0.4) is 0 Å². The third-order valence-electron chi connectivity index (χ3n) is 3.36. The summed E-state index contributed by atoms with van der Waals surface area (Å²) in [6.45, 7) is 1.48. The molecule has 0 saturated heterocycles. The summed E-state index contributed by atoms with van der Waals surface area (Å²) in [7, 11) is 0. The lowest BCUT2D eigenvalue weighted by Gasteiger charge is -2.08. The molecule has 1 amide bonds. The normalized spacial score (nSPS) is 13.9. The van der Waals surface area contributed by atoms with Gasteiger partial charge in [-0.2, -0.15) is 0 Å². The highest BCUT2D eigenvalue weighted by molar-refractivity contribution is 7.99. The monoisotopic (exact) mass is 316 g/mol. The van der Waals surface area contributed by atoms with Crippen LogP contribution in [0.15, 0.2) is 29.4 Å². The maximum Gasteiger partial charge on any atom is 0.234 e. The van der Waals surface area contributed by atoms with Crippen LogP contribution in [0.2, 0.25) is 0 Å². The van der Waals surface area contributed by atoms with Gasteiger partial charge in [0.1, 0.15) is 5.82 Å². The Morgan fingerprint density at radius 3 is 2.86 bits per heavy atom.